The molecule has 0 spiro atoms. The van der Waals surface area contributed by atoms with Crippen molar-refractivity contribution in [2.24, 2.45) is 5.73 Å². The van der Waals surface area contributed by atoms with Gasteiger partial charge in [-0.2, -0.15) is 0 Å². The average molecular weight is 261 g/mol. The number of amides is 1. The number of rotatable bonds is 5. The Kier molecular flexibility index (Phi) is 4.80. The van der Waals surface area contributed by atoms with E-state index in [2.05, 4.69) is 17.1 Å². The molecule has 4 heteroatoms. The van der Waals surface area contributed by atoms with Gasteiger partial charge in [-0.15, -0.1) is 0 Å². The SMILES string of the molecule is CCCN(c1ccc(C(N)=O)cc1)C1CCCNC1. The second-order valence-corrected chi connectivity index (χ2v) is 5.10. The Hall–Kier alpha value is -1.55. The Morgan fingerprint density at radius 3 is 2.68 bits per heavy atom. The van der Waals surface area contributed by atoms with E-state index in [-0.39, 0.29) is 5.91 Å². The lowest BCUT2D eigenvalue weighted by Crippen LogP contribution is -2.46. The van der Waals surface area contributed by atoms with Crippen LogP contribution in [-0.4, -0.2) is 31.6 Å². The Morgan fingerprint density at radius 2 is 2.16 bits per heavy atom. The summed E-state index contributed by atoms with van der Waals surface area (Å²) in [5, 5.41) is 3.46. The molecule has 2 rings (SSSR count). The molecule has 1 atom stereocenters. The number of nitrogens with one attached hydrogen (secondary N) is 1. The maximum absolute atomic E-state index is 11.1. The lowest BCUT2D eigenvalue weighted by Gasteiger charge is -2.36. The van der Waals surface area contributed by atoms with E-state index in [1.54, 1.807) is 0 Å². The first-order chi connectivity index (χ1) is 9.22. The summed E-state index contributed by atoms with van der Waals surface area (Å²) in [5.41, 5.74) is 7.03. The Bertz CT molecular complexity index is 410. The smallest absolute Gasteiger partial charge is 0.248 e. The van der Waals surface area contributed by atoms with Crippen LogP contribution in [-0.2, 0) is 0 Å². The average Bonchev–Trinajstić information content (AvgIpc) is 2.46. The molecule has 1 aliphatic heterocycles. The summed E-state index contributed by atoms with van der Waals surface area (Å²) in [7, 11) is 0. The molecular weight excluding hydrogens is 238 g/mol. The fourth-order valence-electron chi connectivity index (χ4n) is 2.68. The Labute approximate surface area is 115 Å². The van der Waals surface area contributed by atoms with Gasteiger partial charge in [0.15, 0.2) is 0 Å². The van der Waals surface area contributed by atoms with Gasteiger partial charge in [-0.25, -0.2) is 0 Å². The van der Waals surface area contributed by atoms with E-state index in [1.165, 1.54) is 18.5 Å². The lowest BCUT2D eigenvalue weighted by atomic mass is 10.0. The van der Waals surface area contributed by atoms with Crippen molar-refractivity contribution in [2.75, 3.05) is 24.5 Å². The first-order valence-corrected chi connectivity index (χ1v) is 7.09. The van der Waals surface area contributed by atoms with Gasteiger partial charge in [-0.3, -0.25) is 4.79 Å². The zero-order chi connectivity index (χ0) is 13.7. The molecule has 1 heterocycles. The molecule has 1 amide bonds. The fraction of sp³-hybridized carbons (Fsp3) is 0.533. The van der Waals surface area contributed by atoms with Gasteiger partial charge in [-0.05, 0) is 50.1 Å². The molecule has 1 aliphatic rings. The summed E-state index contributed by atoms with van der Waals surface area (Å²) in [4.78, 5) is 13.5. The summed E-state index contributed by atoms with van der Waals surface area (Å²) in [6.07, 6.45) is 3.57. The van der Waals surface area contributed by atoms with E-state index in [1.807, 2.05) is 24.3 Å². The monoisotopic (exact) mass is 261 g/mol. The Morgan fingerprint density at radius 1 is 1.42 bits per heavy atom. The van der Waals surface area contributed by atoms with E-state index in [4.69, 9.17) is 5.73 Å². The summed E-state index contributed by atoms with van der Waals surface area (Å²) in [5.74, 6) is -0.368. The molecule has 104 valence electrons. The highest BCUT2D eigenvalue weighted by Gasteiger charge is 2.20. The summed E-state index contributed by atoms with van der Waals surface area (Å²) in [6, 6.07) is 8.19. The number of carbonyl (C=O) groups is 1. The van der Waals surface area contributed by atoms with Crippen molar-refractivity contribution in [3.8, 4) is 0 Å². The van der Waals surface area contributed by atoms with Gasteiger partial charge in [-0.1, -0.05) is 6.92 Å². The Balaban J connectivity index is 2.15. The summed E-state index contributed by atoms with van der Waals surface area (Å²) in [6.45, 7) is 5.40. The number of piperidine rings is 1. The van der Waals surface area contributed by atoms with Crippen molar-refractivity contribution < 1.29 is 4.79 Å². The van der Waals surface area contributed by atoms with Crippen molar-refractivity contribution >= 4 is 11.6 Å². The minimum Gasteiger partial charge on any atom is -0.367 e. The predicted molar refractivity (Wildman–Crippen MR) is 78.5 cm³/mol. The molecule has 0 aliphatic carbocycles. The van der Waals surface area contributed by atoms with E-state index >= 15 is 0 Å². The topological polar surface area (TPSA) is 58.4 Å². The first kappa shape index (κ1) is 13.9. The molecule has 1 aromatic carbocycles. The van der Waals surface area contributed by atoms with E-state index < -0.39 is 0 Å². The zero-order valence-electron chi connectivity index (χ0n) is 11.6. The molecule has 4 nitrogen and oxygen atoms in total. The highest BCUT2D eigenvalue weighted by atomic mass is 16.1. The van der Waals surface area contributed by atoms with Gasteiger partial charge in [0.1, 0.15) is 0 Å². The third-order valence-electron chi connectivity index (χ3n) is 3.66. The standard InChI is InChI=1S/C15H23N3O/c1-2-10-18(14-4-3-9-17-11-14)13-7-5-12(6-8-13)15(16)19/h5-8,14,17H,2-4,9-11H2,1H3,(H2,16,19). The molecular formula is C15H23N3O. The maximum atomic E-state index is 11.1. The molecule has 0 radical (unpaired) electrons. The summed E-state index contributed by atoms with van der Waals surface area (Å²) >= 11 is 0. The molecule has 3 N–H and O–H groups in total. The molecule has 0 bridgehead atoms. The van der Waals surface area contributed by atoms with Gasteiger partial charge in [0.25, 0.3) is 0 Å². The number of nitrogens with two attached hydrogens (primary N) is 1. The van der Waals surface area contributed by atoms with Crippen LogP contribution in [0.3, 0.4) is 0 Å². The number of nitrogens with zero attached hydrogens (tertiary/aromatic N) is 1. The number of carbonyl (C=O) groups excluding carboxylic acids is 1. The van der Waals surface area contributed by atoms with Crippen molar-refractivity contribution in [1.82, 2.24) is 5.32 Å². The molecule has 1 aromatic rings. The number of primary amides is 1. The molecule has 1 fully saturated rings. The van der Waals surface area contributed by atoms with Gasteiger partial charge in [0.2, 0.25) is 5.91 Å². The third-order valence-corrected chi connectivity index (χ3v) is 3.66. The highest BCUT2D eigenvalue weighted by molar-refractivity contribution is 5.93. The van der Waals surface area contributed by atoms with Crippen LogP contribution >= 0.6 is 0 Å². The first-order valence-electron chi connectivity index (χ1n) is 7.09. The highest BCUT2D eigenvalue weighted by Crippen LogP contribution is 2.21. The number of benzene rings is 1. The van der Waals surface area contributed by atoms with E-state index in [0.717, 1.165) is 26.1 Å². The minimum absolute atomic E-state index is 0.368. The van der Waals surface area contributed by atoms with Crippen molar-refractivity contribution in [3.63, 3.8) is 0 Å². The lowest BCUT2D eigenvalue weighted by molar-refractivity contribution is 0.100. The van der Waals surface area contributed by atoms with E-state index in [9.17, 15) is 4.79 Å². The van der Waals surface area contributed by atoms with Crippen molar-refractivity contribution in [1.29, 1.82) is 0 Å². The summed E-state index contributed by atoms with van der Waals surface area (Å²) < 4.78 is 0. The molecule has 0 saturated carbocycles. The van der Waals surface area contributed by atoms with Crippen LogP contribution in [0, 0.1) is 0 Å². The van der Waals surface area contributed by atoms with Crippen LogP contribution in [0.25, 0.3) is 0 Å². The van der Waals surface area contributed by atoms with E-state index in [0.29, 0.717) is 11.6 Å². The van der Waals surface area contributed by atoms with Crippen LogP contribution in [0.15, 0.2) is 24.3 Å². The fourth-order valence-corrected chi connectivity index (χ4v) is 2.68. The van der Waals surface area contributed by atoms with Crippen molar-refractivity contribution in [3.05, 3.63) is 29.8 Å². The van der Waals surface area contributed by atoms with Crippen LogP contribution in [0.2, 0.25) is 0 Å². The van der Waals surface area contributed by atoms with Crippen LogP contribution in [0.5, 0.6) is 0 Å². The van der Waals surface area contributed by atoms with Crippen molar-refractivity contribution in [2.45, 2.75) is 32.2 Å². The maximum Gasteiger partial charge on any atom is 0.248 e. The van der Waals surface area contributed by atoms with Crippen LogP contribution in [0.1, 0.15) is 36.5 Å². The van der Waals surface area contributed by atoms with Gasteiger partial charge < -0.3 is 16.0 Å². The second kappa shape index (κ2) is 6.57. The van der Waals surface area contributed by atoms with Gasteiger partial charge in [0, 0.05) is 30.4 Å². The molecule has 1 saturated heterocycles. The van der Waals surface area contributed by atoms with Crippen LogP contribution in [0.4, 0.5) is 5.69 Å². The number of hydrogen-bond donors (Lipinski definition) is 2. The largest absolute Gasteiger partial charge is 0.367 e. The number of anilines is 1. The van der Waals surface area contributed by atoms with Gasteiger partial charge >= 0.3 is 0 Å². The molecule has 0 aromatic heterocycles. The zero-order valence-corrected chi connectivity index (χ0v) is 11.6. The normalized spacial score (nSPS) is 19.1. The quantitative estimate of drug-likeness (QED) is 0.849. The molecule has 19 heavy (non-hydrogen) atoms. The minimum atomic E-state index is -0.368. The van der Waals surface area contributed by atoms with Crippen LogP contribution < -0.4 is 16.0 Å². The predicted octanol–water partition coefficient (Wildman–Crippen LogP) is 1.75. The molecule has 1 unspecified atom stereocenters. The number of hydrogen-bond acceptors (Lipinski definition) is 3. The second-order valence-electron chi connectivity index (χ2n) is 5.10. The van der Waals surface area contributed by atoms with Gasteiger partial charge in [0.05, 0.1) is 0 Å². The third kappa shape index (κ3) is 3.47.